The van der Waals surface area contributed by atoms with Crippen LogP contribution in [0.4, 0.5) is 4.39 Å². The molecule has 0 bridgehead atoms. The molecule has 3 fully saturated rings. The fourth-order valence-corrected chi connectivity index (χ4v) is 5.36. The summed E-state index contributed by atoms with van der Waals surface area (Å²) in [5.74, 6) is 0.843. The number of hydrogen-bond donors (Lipinski definition) is 1. The van der Waals surface area contributed by atoms with E-state index in [1.54, 1.807) is 12.1 Å². The lowest BCUT2D eigenvalue weighted by molar-refractivity contribution is 0.0511. The van der Waals surface area contributed by atoms with Gasteiger partial charge < -0.3 is 15.0 Å². The third-order valence-electron chi connectivity index (χ3n) is 7.11. The smallest absolute Gasteiger partial charge is 0.193 e. The van der Waals surface area contributed by atoms with Crippen LogP contribution in [0.15, 0.2) is 29.3 Å². The molecule has 2 heterocycles. The summed E-state index contributed by atoms with van der Waals surface area (Å²) >= 11 is 0. The summed E-state index contributed by atoms with van der Waals surface area (Å²) in [6, 6.07) is 7.03. The molecule has 3 aliphatic rings. The molecule has 0 radical (unpaired) electrons. The monoisotopic (exact) mass is 501 g/mol. The zero-order chi connectivity index (χ0) is 18.7. The molecular formula is C22H33FIN3O. The maximum atomic E-state index is 13.4. The van der Waals surface area contributed by atoms with E-state index in [0.29, 0.717) is 5.41 Å². The Balaban J connectivity index is 0.00000225. The number of nitrogens with one attached hydrogen (secondary N) is 1. The van der Waals surface area contributed by atoms with Crippen LogP contribution in [0.5, 0.6) is 0 Å². The SMILES string of the molecule is CN=C(NCC1(c2ccc(F)cc2)CCOCC1)N1CCC2(CCCC2)C1.I. The fourth-order valence-electron chi connectivity index (χ4n) is 5.36. The van der Waals surface area contributed by atoms with Crippen LogP contribution >= 0.6 is 24.0 Å². The van der Waals surface area contributed by atoms with Gasteiger partial charge in [0.25, 0.3) is 0 Å². The molecule has 4 rings (SSSR count). The van der Waals surface area contributed by atoms with Gasteiger partial charge in [0.2, 0.25) is 0 Å². The first kappa shape index (κ1) is 21.8. The summed E-state index contributed by atoms with van der Waals surface area (Å²) in [5.41, 5.74) is 1.71. The number of rotatable bonds is 3. The van der Waals surface area contributed by atoms with Gasteiger partial charge in [0.1, 0.15) is 5.82 Å². The first-order valence-electron chi connectivity index (χ1n) is 10.4. The lowest BCUT2D eigenvalue weighted by atomic mass is 9.74. The Kier molecular flexibility index (Phi) is 7.23. The van der Waals surface area contributed by atoms with Crippen molar-refractivity contribution in [1.29, 1.82) is 0 Å². The van der Waals surface area contributed by atoms with Gasteiger partial charge in [0, 0.05) is 45.3 Å². The summed E-state index contributed by atoms with van der Waals surface area (Å²) in [4.78, 5) is 7.04. The van der Waals surface area contributed by atoms with Crippen molar-refractivity contribution >= 4 is 29.9 Å². The van der Waals surface area contributed by atoms with Crippen molar-refractivity contribution < 1.29 is 9.13 Å². The van der Waals surface area contributed by atoms with E-state index >= 15 is 0 Å². The second-order valence-corrected chi connectivity index (χ2v) is 8.68. The second-order valence-electron chi connectivity index (χ2n) is 8.68. The molecule has 0 atom stereocenters. The number of likely N-dealkylation sites (tertiary alicyclic amines) is 1. The molecule has 0 amide bonds. The molecule has 4 nitrogen and oxygen atoms in total. The Morgan fingerprint density at radius 1 is 1.11 bits per heavy atom. The zero-order valence-corrected chi connectivity index (χ0v) is 19.2. The minimum absolute atomic E-state index is 0. The number of ether oxygens (including phenoxy) is 1. The average Bonchev–Trinajstić information content (AvgIpc) is 3.34. The lowest BCUT2D eigenvalue weighted by Gasteiger charge is -2.39. The number of benzene rings is 1. The Morgan fingerprint density at radius 2 is 1.79 bits per heavy atom. The molecule has 6 heteroatoms. The van der Waals surface area contributed by atoms with Gasteiger partial charge in [0.15, 0.2) is 5.96 Å². The maximum Gasteiger partial charge on any atom is 0.193 e. The Bertz CT molecular complexity index is 667. The largest absolute Gasteiger partial charge is 0.381 e. The lowest BCUT2D eigenvalue weighted by Crippen LogP contribution is -2.49. The van der Waals surface area contributed by atoms with Gasteiger partial charge in [-0.05, 0) is 55.2 Å². The average molecular weight is 501 g/mol. The van der Waals surface area contributed by atoms with Crippen LogP contribution in [0.25, 0.3) is 0 Å². The highest BCUT2D eigenvalue weighted by atomic mass is 127. The Morgan fingerprint density at radius 3 is 2.43 bits per heavy atom. The van der Waals surface area contributed by atoms with E-state index in [-0.39, 0.29) is 35.2 Å². The summed E-state index contributed by atoms with van der Waals surface area (Å²) in [5, 5.41) is 3.67. The minimum Gasteiger partial charge on any atom is -0.381 e. The van der Waals surface area contributed by atoms with Gasteiger partial charge in [-0.15, -0.1) is 24.0 Å². The summed E-state index contributed by atoms with van der Waals surface area (Å²) < 4.78 is 19.1. The van der Waals surface area contributed by atoms with Crippen LogP contribution in [0, 0.1) is 11.2 Å². The van der Waals surface area contributed by atoms with Crippen molar-refractivity contribution in [2.45, 2.75) is 50.4 Å². The van der Waals surface area contributed by atoms with Crippen LogP contribution < -0.4 is 5.32 Å². The molecular weight excluding hydrogens is 468 g/mol. The van der Waals surface area contributed by atoms with Crippen molar-refractivity contribution in [2.75, 3.05) is 39.9 Å². The first-order valence-corrected chi connectivity index (χ1v) is 10.4. The molecule has 1 aromatic rings. The number of guanidine groups is 1. The Labute approximate surface area is 185 Å². The van der Waals surface area contributed by atoms with Crippen LogP contribution in [0.1, 0.15) is 50.5 Å². The molecule has 2 saturated heterocycles. The van der Waals surface area contributed by atoms with Gasteiger partial charge in [0.05, 0.1) is 0 Å². The molecule has 1 N–H and O–H groups in total. The predicted molar refractivity (Wildman–Crippen MR) is 122 cm³/mol. The van der Waals surface area contributed by atoms with E-state index in [2.05, 4.69) is 15.2 Å². The van der Waals surface area contributed by atoms with Gasteiger partial charge in [-0.3, -0.25) is 4.99 Å². The van der Waals surface area contributed by atoms with Crippen molar-refractivity contribution in [3.8, 4) is 0 Å². The molecule has 1 saturated carbocycles. The van der Waals surface area contributed by atoms with E-state index in [1.807, 2.05) is 19.2 Å². The van der Waals surface area contributed by atoms with Crippen LogP contribution in [0.3, 0.4) is 0 Å². The van der Waals surface area contributed by atoms with E-state index in [1.165, 1.54) is 37.7 Å². The van der Waals surface area contributed by atoms with Crippen molar-refractivity contribution in [2.24, 2.45) is 10.4 Å². The van der Waals surface area contributed by atoms with Gasteiger partial charge in [-0.25, -0.2) is 4.39 Å². The summed E-state index contributed by atoms with van der Waals surface area (Å²) in [6.07, 6.45) is 8.71. The van der Waals surface area contributed by atoms with Crippen LogP contribution in [-0.4, -0.2) is 50.8 Å². The molecule has 1 spiro atoms. The molecule has 156 valence electrons. The molecule has 0 unspecified atom stereocenters. The van der Waals surface area contributed by atoms with Gasteiger partial charge >= 0.3 is 0 Å². The maximum absolute atomic E-state index is 13.4. The zero-order valence-electron chi connectivity index (χ0n) is 16.9. The normalized spacial score (nSPS) is 23.6. The van der Waals surface area contributed by atoms with E-state index in [0.717, 1.165) is 51.6 Å². The van der Waals surface area contributed by atoms with E-state index in [4.69, 9.17) is 4.74 Å². The molecule has 1 aliphatic carbocycles. The quantitative estimate of drug-likeness (QED) is 0.381. The van der Waals surface area contributed by atoms with Gasteiger partial charge in [-0.1, -0.05) is 25.0 Å². The standard InChI is InChI=1S/C22H32FN3O.HI/c1-24-20(26-13-10-21(17-26)8-2-3-9-21)25-16-22(11-14-27-15-12-22)18-4-6-19(23)7-5-18;/h4-7H,2-3,8-17H2,1H3,(H,24,25);1H. The van der Waals surface area contributed by atoms with Gasteiger partial charge in [-0.2, -0.15) is 0 Å². The fraction of sp³-hybridized carbons (Fsp3) is 0.682. The highest BCUT2D eigenvalue weighted by Gasteiger charge is 2.41. The molecule has 28 heavy (non-hydrogen) atoms. The molecule has 1 aromatic carbocycles. The number of hydrogen-bond acceptors (Lipinski definition) is 2. The number of halogens is 2. The van der Waals surface area contributed by atoms with E-state index < -0.39 is 0 Å². The predicted octanol–water partition coefficient (Wildman–Crippen LogP) is 4.33. The van der Waals surface area contributed by atoms with E-state index in [9.17, 15) is 4.39 Å². The molecule has 0 aromatic heterocycles. The van der Waals surface area contributed by atoms with Crippen LogP contribution in [0.2, 0.25) is 0 Å². The van der Waals surface area contributed by atoms with Crippen LogP contribution in [-0.2, 0) is 10.2 Å². The number of aliphatic imine (C=N–C) groups is 1. The highest BCUT2D eigenvalue weighted by Crippen LogP contribution is 2.45. The third kappa shape index (κ3) is 4.48. The third-order valence-corrected chi connectivity index (χ3v) is 7.11. The highest BCUT2D eigenvalue weighted by molar-refractivity contribution is 14.0. The number of nitrogens with zero attached hydrogens (tertiary/aromatic N) is 2. The van der Waals surface area contributed by atoms with Crippen molar-refractivity contribution in [3.63, 3.8) is 0 Å². The van der Waals surface area contributed by atoms with Crippen molar-refractivity contribution in [3.05, 3.63) is 35.6 Å². The topological polar surface area (TPSA) is 36.9 Å². The first-order chi connectivity index (χ1) is 13.1. The minimum atomic E-state index is -0.177. The molecule has 2 aliphatic heterocycles. The van der Waals surface area contributed by atoms with Crippen molar-refractivity contribution in [1.82, 2.24) is 10.2 Å². The summed E-state index contributed by atoms with van der Waals surface area (Å²) in [6.45, 7) is 4.57. The Hall–Kier alpha value is -0.890. The summed E-state index contributed by atoms with van der Waals surface area (Å²) in [7, 11) is 1.89. The second kappa shape index (κ2) is 9.28.